The summed E-state index contributed by atoms with van der Waals surface area (Å²) in [6.07, 6.45) is 3.78. The van der Waals surface area contributed by atoms with Crippen LogP contribution in [0.25, 0.3) is 0 Å². The van der Waals surface area contributed by atoms with E-state index in [1.165, 1.54) is 0 Å². The van der Waals surface area contributed by atoms with Crippen molar-refractivity contribution >= 4 is 43.5 Å². The molecule has 1 aromatic rings. The van der Waals surface area contributed by atoms with Gasteiger partial charge in [-0.15, -0.1) is 0 Å². The highest BCUT2D eigenvalue weighted by Gasteiger charge is 2.29. The summed E-state index contributed by atoms with van der Waals surface area (Å²) >= 11 is 9.47. The van der Waals surface area contributed by atoms with Crippen molar-refractivity contribution in [2.75, 3.05) is 19.3 Å². The summed E-state index contributed by atoms with van der Waals surface area (Å²) in [5.74, 6) is -0.161. The third kappa shape index (κ3) is 4.68. The van der Waals surface area contributed by atoms with E-state index in [2.05, 4.69) is 20.7 Å². The lowest BCUT2D eigenvalue weighted by atomic mass is 10.0. The van der Waals surface area contributed by atoms with Crippen LogP contribution < -0.4 is 4.72 Å². The minimum Gasteiger partial charge on any atom is -0.334 e. The molecule has 8 heteroatoms. The topological polar surface area (TPSA) is 66.5 Å². The molecule has 1 saturated heterocycles. The van der Waals surface area contributed by atoms with Gasteiger partial charge < -0.3 is 4.90 Å². The van der Waals surface area contributed by atoms with Gasteiger partial charge in [-0.1, -0.05) is 27.5 Å². The lowest BCUT2D eigenvalue weighted by molar-refractivity contribution is 0.0619. The fourth-order valence-corrected chi connectivity index (χ4v) is 3.60. The molecular formula is C14H18BrClN2O3S. The molecule has 0 aliphatic carbocycles. The largest absolute Gasteiger partial charge is 0.334 e. The highest BCUT2D eigenvalue weighted by atomic mass is 79.9. The Bertz CT molecular complexity index is 666. The number of likely N-dealkylation sites (tertiary alicyclic amines) is 1. The van der Waals surface area contributed by atoms with Crippen molar-refractivity contribution in [1.82, 2.24) is 9.62 Å². The Kier molecular flexibility index (Phi) is 5.87. The Labute approximate surface area is 144 Å². The van der Waals surface area contributed by atoms with Crippen molar-refractivity contribution in [3.63, 3.8) is 0 Å². The van der Waals surface area contributed by atoms with E-state index in [4.69, 9.17) is 11.6 Å². The summed E-state index contributed by atoms with van der Waals surface area (Å²) in [6.45, 7) is 0.841. The van der Waals surface area contributed by atoms with E-state index in [-0.39, 0.29) is 18.5 Å². The van der Waals surface area contributed by atoms with Crippen molar-refractivity contribution in [2.45, 2.75) is 25.3 Å². The van der Waals surface area contributed by atoms with Gasteiger partial charge >= 0.3 is 0 Å². The molecule has 2 rings (SSSR count). The SMILES string of the molecule is CS(=O)(=O)NCC1CCCCN1C(=O)c1cc(Br)ccc1Cl. The van der Waals surface area contributed by atoms with E-state index < -0.39 is 10.0 Å². The number of carbonyl (C=O) groups excluding carboxylic acids is 1. The summed E-state index contributed by atoms with van der Waals surface area (Å²) in [6, 6.07) is 5.00. The third-order valence-corrected chi connectivity index (χ3v) is 5.14. The van der Waals surface area contributed by atoms with Crippen LogP contribution in [0.4, 0.5) is 0 Å². The van der Waals surface area contributed by atoms with Crippen LogP contribution in [0.2, 0.25) is 5.02 Å². The van der Waals surface area contributed by atoms with Gasteiger partial charge in [-0.2, -0.15) is 0 Å². The number of benzene rings is 1. The molecule has 1 atom stereocenters. The van der Waals surface area contributed by atoms with Crippen LogP contribution in [0.3, 0.4) is 0 Å². The first-order chi connectivity index (χ1) is 10.3. The summed E-state index contributed by atoms with van der Waals surface area (Å²) in [5, 5.41) is 0.397. The maximum Gasteiger partial charge on any atom is 0.255 e. The number of nitrogens with zero attached hydrogens (tertiary/aromatic N) is 1. The summed E-state index contributed by atoms with van der Waals surface area (Å²) in [5.41, 5.74) is 0.433. The van der Waals surface area contributed by atoms with Crippen LogP contribution in [0.15, 0.2) is 22.7 Å². The number of sulfonamides is 1. The van der Waals surface area contributed by atoms with Gasteiger partial charge in [0.05, 0.1) is 16.8 Å². The van der Waals surface area contributed by atoms with Gasteiger partial charge in [-0.3, -0.25) is 4.79 Å². The molecule has 0 spiro atoms. The number of carbonyl (C=O) groups is 1. The van der Waals surface area contributed by atoms with Gasteiger partial charge in [0, 0.05) is 23.6 Å². The zero-order chi connectivity index (χ0) is 16.3. The van der Waals surface area contributed by atoms with Crippen LogP contribution in [0, 0.1) is 0 Å². The summed E-state index contributed by atoms with van der Waals surface area (Å²) < 4.78 is 25.8. The summed E-state index contributed by atoms with van der Waals surface area (Å²) in [4.78, 5) is 14.5. The zero-order valence-electron chi connectivity index (χ0n) is 12.2. The number of amides is 1. The average Bonchev–Trinajstić information content (AvgIpc) is 2.46. The molecule has 5 nitrogen and oxygen atoms in total. The second-order valence-electron chi connectivity index (χ2n) is 5.39. The van der Waals surface area contributed by atoms with Gasteiger partial charge in [0.2, 0.25) is 10.0 Å². The van der Waals surface area contributed by atoms with Crippen LogP contribution in [0.5, 0.6) is 0 Å². The van der Waals surface area contributed by atoms with Gasteiger partial charge in [-0.25, -0.2) is 13.1 Å². The average molecular weight is 410 g/mol. The molecule has 122 valence electrons. The molecule has 0 aromatic heterocycles. The number of rotatable bonds is 4. The monoisotopic (exact) mass is 408 g/mol. The predicted octanol–water partition coefficient (Wildman–Crippen LogP) is 2.65. The first kappa shape index (κ1) is 17.7. The number of hydrogen-bond acceptors (Lipinski definition) is 3. The van der Waals surface area contributed by atoms with Crippen LogP contribution in [0.1, 0.15) is 29.6 Å². The van der Waals surface area contributed by atoms with E-state index in [0.717, 1.165) is 30.0 Å². The van der Waals surface area contributed by atoms with E-state index >= 15 is 0 Å². The summed E-state index contributed by atoms with van der Waals surface area (Å²) in [7, 11) is -3.27. The first-order valence-electron chi connectivity index (χ1n) is 6.98. The highest BCUT2D eigenvalue weighted by Crippen LogP contribution is 2.25. The second-order valence-corrected chi connectivity index (χ2v) is 8.55. The first-order valence-corrected chi connectivity index (χ1v) is 10.0. The van der Waals surface area contributed by atoms with E-state index in [9.17, 15) is 13.2 Å². The van der Waals surface area contributed by atoms with Crippen LogP contribution >= 0.6 is 27.5 Å². The maximum atomic E-state index is 12.8. The normalized spacial score (nSPS) is 19.2. The molecule has 1 fully saturated rings. The fraction of sp³-hybridized carbons (Fsp3) is 0.500. The van der Waals surface area contributed by atoms with Crippen molar-refractivity contribution in [2.24, 2.45) is 0 Å². The second kappa shape index (κ2) is 7.29. The molecule has 1 heterocycles. The van der Waals surface area contributed by atoms with Crippen LogP contribution in [-0.4, -0.2) is 44.6 Å². The number of piperidine rings is 1. The molecule has 22 heavy (non-hydrogen) atoms. The molecule has 0 bridgehead atoms. The van der Waals surface area contributed by atoms with Crippen molar-refractivity contribution in [3.8, 4) is 0 Å². The quantitative estimate of drug-likeness (QED) is 0.831. The molecular weight excluding hydrogens is 392 g/mol. The number of hydrogen-bond donors (Lipinski definition) is 1. The Morgan fingerprint density at radius 2 is 2.18 bits per heavy atom. The van der Waals surface area contributed by atoms with Crippen molar-refractivity contribution in [1.29, 1.82) is 0 Å². The Hall–Kier alpha value is -0.630. The Balaban J connectivity index is 2.19. The lowest BCUT2D eigenvalue weighted by Crippen LogP contribution is -2.49. The smallest absolute Gasteiger partial charge is 0.255 e. The van der Waals surface area contributed by atoms with Crippen LogP contribution in [-0.2, 0) is 10.0 Å². The fourth-order valence-electron chi connectivity index (χ4n) is 2.54. The molecule has 1 aromatic carbocycles. The molecule has 0 radical (unpaired) electrons. The molecule has 1 amide bonds. The van der Waals surface area contributed by atoms with Gasteiger partial charge in [0.1, 0.15) is 0 Å². The number of halogens is 2. The maximum absolute atomic E-state index is 12.8. The minimum absolute atomic E-state index is 0.147. The number of nitrogens with one attached hydrogen (secondary N) is 1. The van der Waals surface area contributed by atoms with E-state index in [1.807, 2.05) is 0 Å². The molecule has 0 saturated carbocycles. The van der Waals surface area contributed by atoms with Crippen molar-refractivity contribution < 1.29 is 13.2 Å². The van der Waals surface area contributed by atoms with Gasteiger partial charge in [0.25, 0.3) is 5.91 Å². The van der Waals surface area contributed by atoms with Crippen molar-refractivity contribution in [3.05, 3.63) is 33.3 Å². The molecule has 1 aliphatic rings. The van der Waals surface area contributed by atoms with E-state index in [0.29, 0.717) is 17.1 Å². The lowest BCUT2D eigenvalue weighted by Gasteiger charge is -2.36. The van der Waals surface area contributed by atoms with Gasteiger partial charge in [-0.05, 0) is 37.5 Å². The standard InChI is InChI=1S/C14H18BrClN2O3S/c1-22(20,21)17-9-11-4-2-3-7-18(11)14(19)12-8-10(15)5-6-13(12)16/h5-6,8,11,17H,2-4,7,9H2,1H3. The zero-order valence-corrected chi connectivity index (χ0v) is 15.3. The highest BCUT2D eigenvalue weighted by molar-refractivity contribution is 9.10. The molecule has 1 aliphatic heterocycles. The predicted molar refractivity (Wildman–Crippen MR) is 90.7 cm³/mol. The molecule has 1 N–H and O–H groups in total. The minimum atomic E-state index is -3.27. The Morgan fingerprint density at radius 1 is 1.45 bits per heavy atom. The Morgan fingerprint density at radius 3 is 2.86 bits per heavy atom. The third-order valence-electron chi connectivity index (χ3n) is 3.63. The van der Waals surface area contributed by atoms with Gasteiger partial charge in [0.15, 0.2) is 0 Å². The van der Waals surface area contributed by atoms with E-state index in [1.54, 1.807) is 23.1 Å². The molecule has 1 unspecified atom stereocenters.